The average molecular weight is 309 g/mol. The second-order valence-electron chi connectivity index (χ2n) is 3.35. The van der Waals surface area contributed by atoms with E-state index in [1.807, 2.05) is 0 Å². The summed E-state index contributed by atoms with van der Waals surface area (Å²) >= 11 is 11.8. The minimum absolute atomic E-state index is 0.0634. The van der Waals surface area contributed by atoms with Crippen LogP contribution in [0.15, 0.2) is 29.0 Å². The highest BCUT2D eigenvalue weighted by atomic mass is 35.5. The van der Waals surface area contributed by atoms with E-state index in [4.69, 9.17) is 32.2 Å². The molecule has 0 aromatic heterocycles. The van der Waals surface area contributed by atoms with Gasteiger partial charge in [-0.15, -0.1) is 0 Å². The maximum atomic E-state index is 12.3. The maximum Gasteiger partial charge on any atom is 0.372 e. The van der Waals surface area contributed by atoms with Gasteiger partial charge in [-0.1, -0.05) is 35.3 Å². The summed E-state index contributed by atoms with van der Waals surface area (Å²) in [5, 5.41) is 0.626. The molecule has 0 fully saturated rings. The quantitative estimate of drug-likeness (QED) is 0.682. The first-order valence-electron chi connectivity index (χ1n) is 5.54. The molecule has 0 aliphatic carbocycles. The lowest BCUT2D eigenvalue weighted by Gasteiger charge is -2.15. The van der Waals surface area contributed by atoms with E-state index in [1.165, 1.54) is 0 Å². The van der Waals surface area contributed by atoms with Gasteiger partial charge < -0.3 is 9.05 Å². The fourth-order valence-electron chi connectivity index (χ4n) is 1.28. The molecule has 3 nitrogen and oxygen atoms in total. The molecule has 0 bridgehead atoms. The van der Waals surface area contributed by atoms with Crippen LogP contribution in [0.1, 0.15) is 19.4 Å². The summed E-state index contributed by atoms with van der Waals surface area (Å²) in [5.41, 5.74) is 0.782. The van der Waals surface area contributed by atoms with Crippen LogP contribution in [-0.2, 0) is 13.6 Å². The van der Waals surface area contributed by atoms with E-state index in [-0.39, 0.29) is 18.0 Å². The van der Waals surface area contributed by atoms with Gasteiger partial charge in [-0.2, -0.15) is 0 Å². The molecule has 0 atom stereocenters. The molecule has 1 aromatic carbocycles. The molecule has 0 saturated heterocycles. The Bertz CT molecular complexity index is 447. The summed E-state index contributed by atoms with van der Waals surface area (Å²) in [6, 6.07) is 6.99. The number of hydrogen-bond acceptors (Lipinski definition) is 3. The van der Waals surface area contributed by atoms with Crippen LogP contribution in [0.2, 0.25) is 5.02 Å². The van der Waals surface area contributed by atoms with E-state index in [9.17, 15) is 4.57 Å². The summed E-state index contributed by atoms with van der Waals surface area (Å²) in [7, 11) is -3.39. The van der Waals surface area contributed by atoms with Crippen LogP contribution >= 0.6 is 30.8 Å². The largest absolute Gasteiger partial charge is 0.372 e. The van der Waals surface area contributed by atoms with Crippen molar-refractivity contribution in [3.8, 4) is 0 Å². The van der Waals surface area contributed by atoms with Gasteiger partial charge >= 0.3 is 7.60 Å². The minimum atomic E-state index is -3.39. The van der Waals surface area contributed by atoms with Gasteiger partial charge in [0.2, 0.25) is 0 Å². The molecule has 0 heterocycles. The van der Waals surface area contributed by atoms with Gasteiger partial charge in [0, 0.05) is 5.02 Å². The minimum Gasteiger partial charge on any atom is -0.305 e. The Labute approximate surface area is 117 Å². The normalized spacial score (nSPS) is 12.8. The van der Waals surface area contributed by atoms with Crippen LogP contribution in [0.3, 0.4) is 0 Å². The van der Waals surface area contributed by atoms with Crippen molar-refractivity contribution in [2.75, 3.05) is 13.2 Å². The van der Waals surface area contributed by atoms with E-state index in [0.29, 0.717) is 5.02 Å². The molecule has 0 saturated carbocycles. The van der Waals surface area contributed by atoms with Gasteiger partial charge in [0.1, 0.15) is 4.77 Å². The third-order valence-electron chi connectivity index (χ3n) is 2.02. The van der Waals surface area contributed by atoms with Crippen molar-refractivity contribution in [3.63, 3.8) is 0 Å². The molecule has 0 radical (unpaired) electrons. The zero-order valence-electron chi connectivity index (χ0n) is 10.2. The summed E-state index contributed by atoms with van der Waals surface area (Å²) in [4.78, 5) is 0. The van der Waals surface area contributed by atoms with Crippen molar-refractivity contribution in [1.29, 1.82) is 0 Å². The zero-order chi connectivity index (χ0) is 13.6. The van der Waals surface area contributed by atoms with Crippen molar-refractivity contribution >= 4 is 36.9 Å². The van der Waals surface area contributed by atoms with Crippen molar-refractivity contribution in [2.24, 2.45) is 0 Å². The first-order valence-corrected chi connectivity index (χ1v) is 7.84. The first-order chi connectivity index (χ1) is 8.51. The van der Waals surface area contributed by atoms with Gasteiger partial charge in [-0.3, -0.25) is 4.57 Å². The van der Waals surface area contributed by atoms with E-state index in [2.05, 4.69) is 0 Å². The summed E-state index contributed by atoms with van der Waals surface area (Å²) in [6.45, 7) is 4.00. The van der Waals surface area contributed by atoms with Gasteiger partial charge in [-0.25, -0.2) is 0 Å². The second kappa shape index (κ2) is 7.32. The van der Waals surface area contributed by atoms with E-state index >= 15 is 0 Å². The topological polar surface area (TPSA) is 35.5 Å². The Morgan fingerprint density at radius 1 is 1.22 bits per heavy atom. The molecule has 0 N–H and O–H groups in total. The van der Waals surface area contributed by atoms with E-state index in [0.717, 1.165) is 5.56 Å². The molecular weight excluding hydrogens is 294 g/mol. The molecule has 0 aliphatic rings. The molecule has 1 rings (SSSR count). The summed E-state index contributed by atoms with van der Waals surface area (Å²) in [6.07, 6.45) is 1.56. The fourth-order valence-corrected chi connectivity index (χ4v) is 3.13. The van der Waals surface area contributed by atoms with Crippen LogP contribution in [-0.4, -0.2) is 13.2 Å². The lowest BCUT2D eigenvalue weighted by molar-refractivity contribution is 0.228. The number of hydrogen-bond donors (Lipinski definition) is 0. The Kier molecular flexibility index (Phi) is 6.40. The van der Waals surface area contributed by atoms with Crippen LogP contribution in [0, 0.1) is 0 Å². The van der Waals surface area contributed by atoms with Crippen molar-refractivity contribution < 1.29 is 13.6 Å². The first kappa shape index (κ1) is 15.7. The van der Waals surface area contributed by atoms with Crippen LogP contribution in [0.5, 0.6) is 0 Å². The highest BCUT2D eigenvalue weighted by Gasteiger charge is 2.28. The van der Waals surface area contributed by atoms with Gasteiger partial charge in [0.25, 0.3) is 0 Å². The molecular formula is C12H15Cl2O3P. The number of halogens is 2. The van der Waals surface area contributed by atoms with Gasteiger partial charge in [-0.05, 0) is 37.6 Å². The summed E-state index contributed by atoms with van der Waals surface area (Å²) < 4.78 is 22.6. The predicted octanol–water partition coefficient (Wildman–Crippen LogP) is 5.14. The Morgan fingerprint density at radius 2 is 1.72 bits per heavy atom. The second-order valence-corrected chi connectivity index (χ2v) is 6.45. The molecule has 100 valence electrons. The number of benzene rings is 1. The molecule has 0 spiro atoms. The standard InChI is InChI=1S/C12H15Cl2O3P/c1-3-16-18(15,17-4-2)12(14)9-10-5-7-11(13)8-6-10/h5-9H,3-4H2,1-2H3/b12-9-. The molecule has 0 aliphatic heterocycles. The Hall–Kier alpha value is -0.310. The monoisotopic (exact) mass is 308 g/mol. The highest BCUT2D eigenvalue weighted by Crippen LogP contribution is 2.58. The van der Waals surface area contributed by atoms with Crippen molar-refractivity contribution in [2.45, 2.75) is 13.8 Å². The Morgan fingerprint density at radius 3 is 2.17 bits per heavy atom. The third-order valence-corrected chi connectivity index (χ3v) is 4.85. The van der Waals surface area contributed by atoms with Crippen LogP contribution < -0.4 is 0 Å². The molecule has 18 heavy (non-hydrogen) atoms. The van der Waals surface area contributed by atoms with E-state index < -0.39 is 7.60 Å². The third kappa shape index (κ3) is 4.42. The number of rotatable bonds is 6. The van der Waals surface area contributed by atoms with Crippen LogP contribution in [0.25, 0.3) is 6.08 Å². The predicted molar refractivity (Wildman–Crippen MR) is 76.1 cm³/mol. The van der Waals surface area contributed by atoms with Crippen molar-refractivity contribution in [3.05, 3.63) is 39.6 Å². The zero-order valence-corrected chi connectivity index (χ0v) is 12.6. The SMILES string of the molecule is CCOP(=O)(OCC)/C(Cl)=C\c1ccc(Cl)cc1. The van der Waals surface area contributed by atoms with Crippen molar-refractivity contribution in [1.82, 2.24) is 0 Å². The average Bonchev–Trinajstić information content (AvgIpc) is 2.32. The molecule has 0 unspecified atom stereocenters. The smallest absolute Gasteiger partial charge is 0.305 e. The van der Waals surface area contributed by atoms with E-state index in [1.54, 1.807) is 44.2 Å². The lowest BCUT2D eigenvalue weighted by Crippen LogP contribution is -1.95. The molecule has 0 amide bonds. The summed E-state index contributed by atoms with van der Waals surface area (Å²) in [5.74, 6) is 0. The van der Waals surface area contributed by atoms with Gasteiger partial charge in [0.05, 0.1) is 13.2 Å². The lowest BCUT2D eigenvalue weighted by atomic mass is 10.2. The van der Waals surface area contributed by atoms with Crippen LogP contribution in [0.4, 0.5) is 0 Å². The highest BCUT2D eigenvalue weighted by molar-refractivity contribution is 7.61. The maximum absolute atomic E-state index is 12.3. The Balaban J connectivity index is 2.98. The van der Waals surface area contributed by atoms with Gasteiger partial charge in [0.15, 0.2) is 0 Å². The molecule has 6 heteroatoms. The molecule has 1 aromatic rings. The fraction of sp³-hybridized carbons (Fsp3) is 0.333.